The van der Waals surface area contributed by atoms with Crippen LogP contribution in [0.3, 0.4) is 0 Å². The summed E-state index contributed by atoms with van der Waals surface area (Å²) in [5.74, 6) is 0.388. The van der Waals surface area contributed by atoms with Crippen LogP contribution in [0.2, 0.25) is 0 Å². The summed E-state index contributed by atoms with van der Waals surface area (Å²) in [6.45, 7) is 2.76. The number of carbonyl (C=O) groups is 1. The van der Waals surface area contributed by atoms with Crippen molar-refractivity contribution < 1.29 is 9.53 Å². The van der Waals surface area contributed by atoms with E-state index in [1.165, 1.54) is 0 Å². The van der Waals surface area contributed by atoms with Crippen molar-refractivity contribution in [2.75, 3.05) is 6.61 Å². The van der Waals surface area contributed by atoms with Gasteiger partial charge >= 0.3 is 0 Å². The number of hydrogen-bond acceptors (Lipinski definition) is 3. The van der Waals surface area contributed by atoms with Gasteiger partial charge in [0.15, 0.2) is 5.11 Å². The van der Waals surface area contributed by atoms with Crippen LogP contribution in [0.25, 0.3) is 0 Å². The first kappa shape index (κ1) is 14.9. The average Bonchev–Trinajstić information content (AvgIpc) is 2.30. The summed E-state index contributed by atoms with van der Waals surface area (Å²) in [4.78, 5) is 11.6. The van der Waals surface area contributed by atoms with E-state index in [-0.39, 0.29) is 11.0 Å². The second kappa shape index (κ2) is 7.33. The summed E-state index contributed by atoms with van der Waals surface area (Å²) in [5, 5.41) is 2.32. The van der Waals surface area contributed by atoms with Gasteiger partial charge in [0.2, 0.25) is 0 Å². The molecule has 0 unspecified atom stereocenters. The molecule has 98 valence electrons. The highest BCUT2D eigenvalue weighted by molar-refractivity contribution is 9.10. The number of unbranched alkanes of at least 4 members (excludes halogenated alkanes) is 1. The normalized spacial score (nSPS) is 9.89. The first-order chi connectivity index (χ1) is 8.54. The van der Waals surface area contributed by atoms with Gasteiger partial charge in [-0.2, -0.15) is 0 Å². The molecule has 0 aliphatic carbocycles. The number of amides is 1. The van der Waals surface area contributed by atoms with Crippen molar-refractivity contribution in [3.05, 3.63) is 28.2 Å². The molecule has 0 radical (unpaired) electrons. The van der Waals surface area contributed by atoms with E-state index in [9.17, 15) is 4.79 Å². The summed E-state index contributed by atoms with van der Waals surface area (Å²) >= 11 is 7.98. The van der Waals surface area contributed by atoms with Gasteiger partial charge in [-0.1, -0.05) is 13.3 Å². The number of halogens is 1. The van der Waals surface area contributed by atoms with E-state index in [0.717, 1.165) is 23.1 Å². The van der Waals surface area contributed by atoms with Gasteiger partial charge < -0.3 is 10.5 Å². The van der Waals surface area contributed by atoms with E-state index in [1.54, 1.807) is 18.2 Å². The van der Waals surface area contributed by atoms with Crippen molar-refractivity contribution in [3.8, 4) is 5.75 Å². The van der Waals surface area contributed by atoms with Crippen LogP contribution in [0.15, 0.2) is 22.7 Å². The van der Waals surface area contributed by atoms with Gasteiger partial charge in [0.1, 0.15) is 5.75 Å². The fourth-order valence-electron chi connectivity index (χ4n) is 1.27. The van der Waals surface area contributed by atoms with Crippen molar-refractivity contribution >= 4 is 39.2 Å². The lowest BCUT2D eigenvalue weighted by molar-refractivity contribution is 0.0977. The minimum absolute atomic E-state index is 0.0422. The zero-order chi connectivity index (χ0) is 13.5. The standard InChI is InChI=1S/C12H15BrN2O2S/c1-2-3-6-17-10-5-4-8(7-9(10)13)11(16)15-12(14)18/h4-5,7H,2-3,6H2,1H3,(H3,14,15,16,18). The quantitative estimate of drug-likeness (QED) is 0.643. The van der Waals surface area contributed by atoms with E-state index < -0.39 is 0 Å². The molecule has 4 nitrogen and oxygen atoms in total. The molecule has 3 N–H and O–H groups in total. The predicted octanol–water partition coefficient (Wildman–Crippen LogP) is 2.60. The number of thiocarbonyl (C=S) groups is 1. The van der Waals surface area contributed by atoms with Crippen LogP contribution in [-0.4, -0.2) is 17.6 Å². The van der Waals surface area contributed by atoms with Gasteiger partial charge in [0.05, 0.1) is 11.1 Å². The first-order valence-corrected chi connectivity index (χ1v) is 6.78. The third kappa shape index (κ3) is 4.62. The lowest BCUT2D eigenvalue weighted by Crippen LogP contribution is -2.34. The fourth-order valence-corrected chi connectivity index (χ4v) is 1.86. The van der Waals surface area contributed by atoms with Gasteiger partial charge in [-0.15, -0.1) is 0 Å². The van der Waals surface area contributed by atoms with Gasteiger partial charge in [0.25, 0.3) is 5.91 Å². The number of carbonyl (C=O) groups excluding carboxylic acids is 1. The van der Waals surface area contributed by atoms with Crippen LogP contribution >= 0.6 is 28.1 Å². The van der Waals surface area contributed by atoms with Crippen LogP contribution < -0.4 is 15.8 Å². The van der Waals surface area contributed by atoms with Crippen LogP contribution in [0, 0.1) is 0 Å². The van der Waals surface area contributed by atoms with Crippen molar-refractivity contribution in [1.82, 2.24) is 5.32 Å². The molecule has 0 saturated heterocycles. The van der Waals surface area contributed by atoms with Crippen LogP contribution in [0.4, 0.5) is 0 Å². The SMILES string of the molecule is CCCCOc1ccc(C(=O)NC(N)=S)cc1Br. The topological polar surface area (TPSA) is 64.3 Å². The van der Waals surface area contributed by atoms with Gasteiger partial charge in [-0.3, -0.25) is 10.1 Å². The molecule has 0 heterocycles. The van der Waals surface area contributed by atoms with E-state index in [0.29, 0.717) is 12.2 Å². The molecule has 1 aromatic carbocycles. The largest absolute Gasteiger partial charge is 0.492 e. The monoisotopic (exact) mass is 330 g/mol. The number of benzene rings is 1. The Morgan fingerprint density at radius 2 is 2.28 bits per heavy atom. The summed E-state index contributed by atoms with van der Waals surface area (Å²) in [5.41, 5.74) is 5.71. The molecule has 6 heteroatoms. The second-order valence-electron chi connectivity index (χ2n) is 3.67. The molecular weight excluding hydrogens is 316 g/mol. The van der Waals surface area contributed by atoms with Crippen LogP contribution in [-0.2, 0) is 0 Å². The maximum absolute atomic E-state index is 11.6. The number of hydrogen-bond donors (Lipinski definition) is 2. The highest BCUT2D eigenvalue weighted by atomic mass is 79.9. The molecule has 0 aliphatic heterocycles. The minimum atomic E-state index is -0.330. The maximum atomic E-state index is 11.6. The van der Waals surface area contributed by atoms with E-state index in [1.807, 2.05) is 0 Å². The molecular formula is C12H15BrN2O2S. The lowest BCUT2D eigenvalue weighted by atomic mass is 10.2. The smallest absolute Gasteiger partial charge is 0.257 e. The average molecular weight is 331 g/mol. The van der Waals surface area contributed by atoms with E-state index in [2.05, 4.69) is 40.4 Å². The molecule has 1 aromatic rings. The molecule has 0 aromatic heterocycles. The molecule has 0 fully saturated rings. The lowest BCUT2D eigenvalue weighted by Gasteiger charge is -2.09. The van der Waals surface area contributed by atoms with E-state index >= 15 is 0 Å². The minimum Gasteiger partial charge on any atom is -0.492 e. The third-order valence-corrected chi connectivity index (χ3v) is 2.91. The third-order valence-electron chi connectivity index (χ3n) is 2.19. The zero-order valence-corrected chi connectivity index (χ0v) is 12.4. The first-order valence-electron chi connectivity index (χ1n) is 5.57. The van der Waals surface area contributed by atoms with E-state index in [4.69, 9.17) is 10.5 Å². The molecule has 0 atom stereocenters. The molecule has 1 rings (SSSR count). The zero-order valence-electron chi connectivity index (χ0n) is 10.0. The summed E-state index contributed by atoms with van der Waals surface area (Å²) in [6.07, 6.45) is 2.07. The van der Waals surface area contributed by atoms with Crippen molar-refractivity contribution in [3.63, 3.8) is 0 Å². The molecule has 0 aliphatic rings. The molecule has 0 spiro atoms. The highest BCUT2D eigenvalue weighted by Crippen LogP contribution is 2.26. The Kier molecular flexibility index (Phi) is 6.07. The summed E-state index contributed by atoms with van der Waals surface area (Å²) in [7, 11) is 0. The Morgan fingerprint density at radius 3 is 2.83 bits per heavy atom. The molecule has 18 heavy (non-hydrogen) atoms. The number of nitrogens with one attached hydrogen (secondary N) is 1. The maximum Gasteiger partial charge on any atom is 0.257 e. The van der Waals surface area contributed by atoms with Crippen LogP contribution in [0.1, 0.15) is 30.1 Å². The number of rotatable bonds is 5. The Bertz CT molecular complexity index is 452. The van der Waals surface area contributed by atoms with Crippen molar-refractivity contribution in [2.45, 2.75) is 19.8 Å². The van der Waals surface area contributed by atoms with Gasteiger partial charge in [-0.25, -0.2) is 0 Å². The summed E-state index contributed by atoms with van der Waals surface area (Å²) < 4.78 is 6.29. The summed E-state index contributed by atoms with van der Waals surface area (Å²) in [6, 6.07) is 5.09. The molecule has 0 bridgehead atoms. The Morgan fingerprint density at radius 1 is 1.56 bits per heavy atom. The number of ether oxygens (including phenoxy) is 1. The fraction of sp³-hybridized carbons (Fsp3) is 0.333. The second-order valence-corrected chi connectivity index (χ2v) is 4.96. The van der Waals surface area contributed by atoms with Gasteiger partial charge in [0, 0.05) is 5.56 Å². The predicted molar refractivity (Wildman–Crippen MR) is 78.8 cm³/mol. The Labute approximate surface area is 120 Å². The van der Waals surface area contributed by atoms with Gasteiger partial charge in [-0.05, 0) is 52.8 Å². The highest BCUT2D eigenvalue weighted by Gasteiger charge is 2.09. The molecule has 1 amide bonds. The van der Waals surface area contributed by atoms with Crippen LogP contribution in [0.5, 0.6) is 5.75 Å². The number of nitrogens with two attached hydrogens (primary N) is 1. The van der Waals surface area contributed by atoms with Crippen molar-refractivity contribution in [2.24, 2.45) is 5.73 Å². The van der Waals surface area contributed by atoms with Crippen molar-refractivity contribution in [1.29, 1.82) is 0 Å². The molecule has 0 saturated carbocycles. The Hall–Kier alpha value is -1.14. The Balaban J connectivity index is 2.72.